The van der Waals surface area contributed by atoms with E-state index in [-0.39, 0.29) is 5.25 Å². The summed E-state index contributed by atoms with van der Waals surface area (Å²) in [7, 11) is 2.02. The summed E-state index contributed by atoms with van der Waals surface area (Å²) in [5.41, 5.74) is 10.3. The van der Waals surface area contributed by atoms with E-state index in [0.717, 1.165) is 46.3 Å². The molecule has 0 bridgehead atoms. The SMILES string of the molecule is COC(=O)Nc1ccc(-c2cc(-c3ccnn3C)c3c(N)c(S(=O)C4CCC4)sc3n2)cn1. The summed E-state index contributed by atoms with van der Waals surface area (Å²) in [6.07, 6.45) is 5.81. The van der Waals surface area contributed by atoms with E-state index in [1.54, 1.807) is 23.1 Å². The fourth-order valence-electron chi connectivity index (χ4n) is 3.75. The minimum absolute atomic E-state index is 0.166. The number of carbonyl (C=O) groups is 1. The number of nitrogens with two attached hydrogens (primary N) is 1. The maximum Gasteiger partial charge on any atom is 0.412 e. The van der Waals surface area contributed by atoms with E-state index in [0.29, 0.717) is 21.4 Å². The lowest BCUT2D eigenvalue weighted by Crippen LogP contribution is -2.23. The van der Waals surface area contributed by atoms with Crippen molar-refractivity contribution in [3.05, 3.63) is 36.7 Å². The zero-order valence-corrected chi connectivity index (χ0v) is 19.7. The molecule has 4 aromatic heterocycles. The van der Waals surface area contributed by atoms with Gasteiger partial charge in [-0.3, -0.25) is 14.2 Å². The monoisotopic (exact) mass is 482 g/mol. The lowest BCUT2D eigenvalue weighted by molar-refractivity contribution is 0.187. The van der Waals surface area contributed by atoms with Crippen molar-refractivity contribution in [1.29, 1.82) is 0 Å². The normalized spacial score (nSPS) is 14.7. The van der Waals surface area contributed by atoms with Gasteiger partial charge in [-0.1, -0.05) is 6.42 Å². The van der Waals surface area contributed by atoms with Crippen LogP contribution in [0, 0.1) is 0 Å². The summed E-state index contributed by atoms with van der Waals surface area (Å²) in [6, 6.07) is 7.37. The van der Waals surface area contributed by atoms with Gasteiger partial charge in [-0.25, -0.2) is 14.8 Å². The molecule has 1 fully saturated rings. The molecule has 4 aromatic rings. The first-order chi connectivity index (χ1) is 16.0. The highest BCUT2D eigenvalue weighted by Gasteiger charge is 2.30. The summed E-state index contributed by atoms with van der Waals surface area (Å²) in [6.45, 7) is 0. The van der Waals surface area contributed by atoms with Gasteiger partial charge in [0.1, 0.15) is 14.9 Å². The molecule has 0 radical (unpaired) electrons. The first-order valence-corrected chi connectivity index (χ1v) is 12.4. The van der Waals surface area contributed by atoms with Gasteiger partial charge in [0.15, 0.2) is 0 Å². The van der Waals surface area contributed by atoms with Crippen LogP contribution in [0.15, 0.2) is 40.9 Å². The summed E-state index contributed by atoms with van der Waals surface area (Å²) < 4.78 is 20.2. The Hall–Kier alpha value is -3.31. The number of anilines is 2. The molecule has 4 heterocycles. The number of aromatic nitrogens is 4. The molecule has 1 amide bonds. The number of nitrogens with one attached hydrogen (secondary N) is 1. The average molecular weight is 483 g/mol. The fourth-order valence-corrected chi connectivity index (χ4v) is 6.96. The maximum absolute atomic E-state index is 13.1. The van der Waals surface area contributed by atoms with Crippen molar-refractivity contribution in [3.8, 4) is 22.5 Å². The van der Waals surface area contributed by atoms with E-state index >= 15 is 0 Å². The van der Waals surface area contributed by atoms with Crippen LogP contribution in [-0.2, 0) is 22.6 Å². The van der Waals surface area contributed by atoms with Crippen molar-refractivity contribution in [3.63, 3.8) is 0 Å². The van der Waals surface area contributed by atoms with Gasteiger partial charge in [0.25, 0.3) is 0 Å². The van der Waals surface area contributed by atoms with Gasteiger partial charge in [0.05, 0.1) is 35.0 Å². The number of nitrogen functional groups attached to an aromatic ring is 1. The molecule has 5 rings (SSSR count). The van der Waals surface area contributed by atoms with Crippen molar-refractivity contribution in [1.82, 2.24) is 19.7 Å². The van der Waals surface area contributed by atoms with Crippen LogP contribution in [-0.4, -0.2) is 42.4 Å². The minimum atomic E-state index is -1.14. The molecule has 1 aliphatic carbocycles. The number of ether oxygens (including phenoxy) is 1. The number of pyridine rings is 2. The first kappa shape index (κ1) is 21.5. The number of aryl methyl sites for hydroxylation is 1. The van der Waals surface area contributed by atoms with Crippen molar-refractivity contribution < 1.29 is 13.7 Å². The van der Waals surface area contributed by atoms with Crippen LogP contribution in [0.4, 0.5) is 16.3 Å². The molecule has 33 heavy (non-hydrogen) atoms. The lowest BCUT2D eigenvalue weighted by Gasteiger charge is -2.23. The summed E-state index contributed by atoms with van der Waals surface area (Å²) >= 11 is 1.39. The van der Waals surface area contributed by atoms with Crippen molar-refractivity contribution in [2.24, 2.45) is 7.05 Å². The predicted octanol–water partition coefficient (Wildman–Crippen LogP) is 4.18. The highest BCUT2D eigenvalue weighted by atomic mass is 32.2. The summed E-state index contributed by atoms with van der Waals surface area (Å²) in [5.74, 6) is 0.372. The van der Waals surface area contributed by atoms with Crippen LogP contribution in [0.3, 0.4) is 0 Å². The van der Waals surface area contributed by atoms with Crippen molar-refractivity contribution in [2.75, 3.05) is 18.2 Å². The molecular weight excluding hydrogens is 460 g/mol. The molecule has 0 aromatic carbocycles. The van der Waals surface area contributed by atoms with Crippen LogP contribution in [0.1, 0.15) is 19.3 Å². The summed E-state index contributed by atoms with van der Waals surface area (Å²) in [4.78, 5) is 21.3. The Morgan fingerprint density at radius 2 is 2.15 bits per heavy atom. The van der Waals surface area contributed by atoms with Crippen LogP contribution < -0.4 is 11.1 Å². The number of hydrogen-bond acceptors (Lipinski definition) is 8. The Labute approximate surface area is 196 Å². The molecular formula is C22H22N6O3S2. The number of rotatable bonds is 5. The van der Waals surface area contributed by atoms with E-state index in [1.165, 1.54) is 18.4 Å². The number of amides is 1. The number of methoxy groups -OCH3 is 1. The second-order valence-corrected chi connectivity index (χ2v) is 10.7. The molecule has 0 saturated heterocycles. The molecule has 1 saturated carbocycles. The van der Waals surface area contributed by atoms with Gasteiger partial charge in [-0.2, -0.15) is 5.10 Å². The Morgan fingerprint density at radius 1 is 1.33 bits per heavy atom. The number of nitrogens with zero attached hydrogens (tertiary/aromatic N) is 4. The topological polar surface area (TPSA) is 125 Å². The third-order valence-electron chi connectivity index (χ3n) is 5.77. The van der Waals surface area contributed by atoms with Crippen LogP contribution in [0.5, 0.6) is 0 Å². The summed E-state index contributed by atoms with van der Waals surface area (Å²) in [5, 5.41) is 7.80. The van der Waals surface area contributed by atoms with E-state index in [4.69, 9.17) is 10.7 Å². The smallest absolute Gasteiger partial charge is 0.412 e. The number of fused-ring (bicyclic) bond motifs is 1. The van der Waals surface area contributed by atoms with E-state index in [2.05, 4.69) is 20.1 Å². The number of hydrogen-bond donors (Lipinski definition) is 2. The second-order valence-electron chi connectivity index (χ2n) is 7.78. The third-order valence-corrected chi connectivity index (χ3v) is 9.07. The molecule has 0 spiro atoms. The largest absolute Gasteiger partial charge is 0.453 e. The average Bonchev–Trinajstić information content (AvgIpc) is 3.35. The standard InChI is InChI=1S/C22H22N6O3S2/c1-28-16(8-9-25-28)14-10-15(12-6-7-17(24-11-12)27-22(29)31-2)26-20-18(14)19(23)21(32-20)33(30)13-4-3-5-13/h6-11,13H,3-5,23H2,1-2H3,(H,24,27,29). The molecule has 11 heteroatoms. The Morgan fingerprint density at radius 3 is 2.76 bits per heavy atom. The van der Waals surface area contributed by atoms with E-state index in [1.807, 2.05) is 25.2 Å². The zero-order valence-electron chi connectivity index (χ0n) is 18.1. The molecule has 170 valence electrons. The van der Waals surface area contributed by atoms with Gasteiger partial charge >= 0.3 is 6.09 Å². The molecule has 0 aliphatic heterocycles. The van der Waals surface area contributed by atoms with Crippen molar-refractivity contribution in [2.45, 2.75) is 28.7 Å². The van der Waals surface area contributed by atoms with Crippen LogP contribution >= 0.6 is 11.3 Å². The van der Waals surface area contributed by atoms with Gasteiger partial charge in [0, 0.05) is 41.2 Å². The molecule has 1 unspecified atom stereocenters. The number of carbonyl (C=O) groups excluding carboxylic acids is 1. The van der Waals surface area contributed by atoms with Crippen LogP contribution in [0.25, 0.3) is 32.7 Å². The lowest BCUT2D eigenvalue weighted by atomic mass is 10.0. The maximum atomic E-state index is 13.1. The predicted molar refractivity (Wildman–Crippen MR) is 130 cm³/mol. The molecule has 9 nitrogen and oxygen atoms in total. The fraction of sp³-hybridized carbons (Fsp3) is 0.273. The Bertz CT molecular complexity index is 1380. The zero-order chi connectivity index (χ0) is 23.1. The molecule has 1 atom stereocenters. The Kier molecular flexibility index (Phi) is 5.59. The first-order valence-electron chi connectivity index (χ1n) is 10.4. The van der Waals surface area contributed by atoms with Gasteiger partial charge in [-0.15, -0.1) is 11.3 Å². The van der Waals surface area contributed by atoms with Gasteiger partial charge < -0.3 is 10.5 Å². The second kappa shape index (κ2) is 8.56. The molecule has 1 aliphatic rings. The third kappa shape index (κ3) is 3.87. The highest BCUT2D eigenvalue weighted by molar-refractivity contribution is 7.88. The minimum Gasteiger partial charge on any atom is -0.453 e. The Balaban J connectivity index is 1.64. The highest BCUT2D eigenvalue weighted by Crippen LogP contribution is 2.44. The number of thiophene rings is 1. The van der Waals surface area contributed by atoms with Crippen LogP contribution in [0.2, 0.25) is 0 Å². The van der Waals surface area contributed by atoms with Gasteiger partial charge in [0.2, 0.25) is 0 Å². The quantitative estimate of drug-likeness (QED) is 0.437. The molecule has 3 N–H and O–H groups in total. The van der Waals surface area contributed by atoms with Gasteiger partial charge in [-0.05, 0) is 37.1 Å². The van der Waals surface area contributed by atoms with Crippen molar-refractivity contribution >= 4 is 50.0 Å². The van der Waals surface area contributed by atoms with E-state index in [9.17, 15) is 9.00 Å². The van der Waals surface area contributed by atoms with E-state index < -0.39 is 16.9 Å².